The van der Waals surface area contributed by atoms with Crippen LogP contribution in [0.5, 0.6) is 5.75 Å². The predicted octanol–water partition coefficient (Wildman–Crippen LogP) is 4.87. The number of hydrogen-bond acceptors (Lipinski definition) is 3. The highest BCUT2D eigenvalue weighted by molar-refractivity contribution is 6.35. The Labute approximate surface area is 175 Å². The molecule has 1 N–H and O–H groups in total. The van der Waals surface area contributed by atoms with Crippen LogP contribution in [0.15, 0.2) is 36.4 Å². The van der Waals surface area contributed by atoms with Gasteiger partial charge in [0, 0.05) is 24.2 Å². The van der Waals surface area contributed by atoms with Gasteiger partial charge < -0.3 is 15.0 Å². The summed E-state index contributed by atoms with van der Waals surface area (Å²) in [5.74, 6) is 0.176. The van der Waals surface area contributed by atoms with Gasteiger partial charge in [-0.25, -0.2) is 0 Å². The van der Waals surface area contributed by atoms with Crippen molar-refractivity contribution in [2.24, 2.45) is 0 Å². The highest BCUT2D eigenvalue weighted by atomic mass is 35.5. The van der Waals surface area contributed by atoms with E-state index in [-0.39, 0.29) is 24.8 Å². The van der Waals surface area contributed by atoms with Crippen LogP contribution < -0.4 is 10.1 Å². The van der Waals surface area contributed by atoms with Gasteiger partial charge in [0.25, 0.3) is 0 Å². The Kier molecular flexibility index (Phi) is 8.15. The van der Waals surface area contributed by atoms with Crippen LogP contribution in [0, 0.1) is 13.8 Å². The second-order valence-corrected chi connectivity index (χ2v) is 7.42. The zero-order valence-corrected chi connectivity index (χ0v) is 17.7. The summed E-state index contributed by atoms with van der Waals surface area (Å²) >= 11 is 11.9. The van der Waals surface area contributed by atoms with E-state index in [1.54, 1.807) is 25.2 Å². The molecule has 7 heteroatoms. The molecule has 150 valence electrons. The summed E-state index contributed by atoms with van der Waals surface area (Å²) < 4.78 is 5.57. The van der Waals surface area contributed by atoms with E-state index in [2.05, 4.69) is 5.32 Å². The molecule has 0 fully saturated rings. The molecule has 0 bridgehead atoms. The van der Waals surface area contributed by atoms with Gasteiger partial charge in [-0.15, -0.1) is 0 Å². The smallest absolute Gasteiger partial charge is 0.243 e. The van der Waals surface area contributed by atoms with Gasteiger partial charge in [-0.3, -0.25) is 9.59 Å². The van der Waals surface area contributed by atoms with Crippen LogP contribution in [-0.2, 0) is 9.59 Å². The fourth-order valence-electron chi connectivity index (χ4n) is 2.57. The summed E-state index contributed by atoms with van der Waals surface area (Å²) in [6.45, 7) is 4.28. The fourth-order valence-corrected chi connectivity index (χ4v) is 3.03. The van der Waals surface area contributed by atoms with Crippen molar-refractivity contribution in [3.05, 3.63) is 57.6 Å². The summed E-state index contributed by atoms with van der Waals surface area (Å²) in [5.41, 5.74) is 2.88. The standard InChI is InChI=1S/C21H24Cl2N2O3/c1-14-6-4-7-18(15(14)2)24-20(26)13-25(3)21(27)8-5-11-28-19-10-9-16(22)12-17(19)23/h4,6-7,9-10,12H,5,8,11,13H2,1-3H3,(H,24,26). The van der Waals surface area contributed by atoms with E-state index in [1.165, 1.54) is 4.90 Å². The molecule has 2 aromatic rings. The molecular weight excluding hydrogens is 399 g/mol. The van der Waals surface area contributed by atoms with Crippen LogP contribution in [0.25, 0.3) is 0 Å². The van der Waals surface area contributed by atoms with Crippen LogP contribution in [0.4, 0.5) is 5.69 Å². The number of ether oxygens (including phenoxy) is 1. The summed E-state index contributed by atoms with van der Waals surface area (Å²) in [7, 11) is 1.61. The number of halogens is 2. The average molecular weight is 423 g/mol. The van der Waals surface area contributed by atoms with Crippen LogP contribution >= 0.6 is 23.2 Å². The van der Waals surface area contributed by atoms with Crippen molar-refractivity contribution in [3.8, 4) is 5.75 Å². The highest BCUT2D eigenvalue weighted by Gasteiger charge is 2.14. The molecule has 0 aliphatic rings. The van der Waals surface area contributed by atoms with E-state index < -0.39 is 0 Å². The number of likely N-dealkylation sites (N-methyl/N-ethyl adjacent to an activating group) is 1. The molecule has 0 heterocycles. The first-order valence-corrected chi connectivity index (χ1v) is 9.71. The Balaban J connectivity index is 1.74. The molecule has 5 nitrogen and oxygen atoms in total. The van der Waals surface area contributed by atoms with Crippen LogP contribution in [0.2, 0.25) is 10.0 Å². The third-order valence-electron chi connectivity index (χ3n) is 4.37. The molecule has 0 aromatic heterocycles. The molecule has 2 aromatic carbocycles. The van der Waals surface area contributed by atoms with Gasteiger partial charge in [0.1, 0.15) is 5.75 Å². The number of amides is 2. The molecule has 0 radical (unpaired) electrons. The molecule has 0 spiro atoms. The lowest BCUT2D eigenvalue weighted by molar-refractivity contribution is -0.133. The van der Waals surface area contributed by atoms with E-state index in [0.717, 1.165) is 16.8 Å². The number of aryl methyl sites for hydroxylation is 1. The topological polar surface area (TPSA) is 58.6 Å². The first-order valence-electron chi connectivity index (χ1n) is 8.96. The molecule has 28 heavy (non-hydrogen) atoms. The summed E-state index contributed by atoms with van der Waals surface area (Å²) in [6.07, 6.45) is 0.791. The largest absolute Gasteiger partial charge is 0.492 e. The van der Waals surface area contributed by atoms with E-state index >= 15 is 0 Å². The van der Waals surface area contributed by atoms with Crippen LogP contribution in [-0.4, -0.2) is 36.9 Å². The van der Waals surface area contributed by atoms with Crippen LogP contribution in [0.3, 0.4) is 0 Å². The van der Waals surface area contributed by atoms with Gasteiger partial charge in [0.15, 0.2) is 0 Å². The second kappa shape index (κ2) is 10.3. The van der Waals surface area contributed by atoms with Crippen molar-refractivity contribution in [2.75, 3.05) is 25.5 Å². The molecule has 0 aliphatic carbocycles. The van der Waals surface area contributed by atoms with Gasteiger partial charge >= 0.3 is 0 Å². The SMILES string of the molecule is Cc1cccc(NC(=O)CN(C)C(=O)CCCOc2ccc(Cl)cc2Cl)c1C. The summed E-state index contributed by atoms with van der Waals surface area (Å²) in [4.78, 5) is 25.8. The molecule has 0 aliphatic heterocycles. The first-order chi connectivity index (χ1) is 13.3. The second-order valence-electron chi connectivity index (χ2n) is 6.57. The van der Waals surface area contributed by atoms with Gasteiger partial charge in [0.05, 0.1) is 18.2 Å². The maximum absolute atomic E-state index is 12.2. The van der Waals surface area contributed by atoms with Crippen molar-refractivity contribution < 1.29 is 14.3 Å². The third-order valence-corrected chi connectivity index (χ3v) is 4.90. The number of anilines is 1. The maximum atomic E-state index is 12.2. The maximum Gasteiger partial charge on any atom is 0.243 e. The number of rotatable bonds is 8. The monoisotopic (exact) mass is 422 g/mol. The Bertz CT molecular complexity index is 856. The number of carbonyl (C=O) groups excluding carboxylic acids is 2. The zero-order valence-electron chi connectivity index (χ0n) is 16.2. The Morgan fingerprint density at radius 2 is 1.89 bits per heavy atom. The van der Waals surface area contributed by atoms with Crippen molar-refractivity contribution >= 4 is 40.7 Å². The Morgan fingerprint density at radius 3 is 2.61 bits per heavy atom. The minimum atomic E-state index is -0.228. The minimum absolute atomic E-state index is 0.00388. The molecule has 2 amide bonds. The Morgan fingerprint density at radius 1 is 1.14 bits per heavy atom. The van der Waals surface area contributed by atoms with Crippen molar-refractivity contribution in [2.45, 2.75) is 26.7 Å². The van der Waals surface area contributed by atoms with Crippen molar-refractivity contribution in [1.82, 2.24) is 4.90 Å². The van der Waals surface area contributed by atoms with Gasteiger partial charge in [-0.1, -0.05) is 35.3 Å². The number of benzene rings is 2. The number of nitrogens with one attached hydrogen (secondary N) is 1. The van der Waals surface area contributed by atoms with Crippen molar-refractivity contribution in [3.63, 3.8) is 0 Å². The molecule has 0 saturated carbocycles. The van der Waals surface area contributed by atoms with Gasteiger partial charge in [-0.2, -0.15) is 0 Å². The first kappa shape index (κ1) is 22.1. The van der Waals surface area contributed by atoms with Crippen molar-refractivity contribution in [1.29, 1.82) is 0 Å². The lowest BCUT2D eigenvalue weighted by atomic mass is 10.1. The normalized spacial score (nSPS) is 10.5. The lowest BCUT2D eigenvalue weighted by Gasteiger charge is -2.18. The molecule has 0 atom stereocenters. The molecule has 0 unspecified atom stereocenters. The lowest BCUT2D eigenvalue weighted by Crippen LogP contribution is -2.35. The number of carbonyl (C=O) groups is 2. The summed E-state index contributed by atoms with van der Waals surface area (Å²) in [6, 6.07) is 10.7. The number of hydrogen-bond donors (Lipinski definition) is 1. The molecular formula is C21H24Cl2N2O3. The third kappa shape index (κ3) is 6.43. The molecule has 0 saturated heterocycles. The Hall–Kier alpha value is -2.24. The molecule has 2 rings (SSSR count). The van der Waals surface area contributed by atoms with E-state index in [4.69, 9.17) is 27.9 Å². The zero-order chi connectivity index (χ0) is 20.7. The highest BCUT2D eigenvalue weighted by Crippen LogP contribution is 2.27. The van der Waals surface area contributed by atoms with E-state index in [0.29, 0.717) is 28.8 Å². The summed E-state index contributed by atoms with van der Waals surface area (Å²) in [5, 5.41) is 3.82. The van der Waals surface area contributed by atoms with E-state index in [1.807, 2.05) is 32.0 Å². The fraction of sp³-hybridized carbons (Fsp3) is 0.333. The van der Waals surface area contributed by atoms with E-state index in [9.17, 15) is 9.59 Å². The van der Waals surface area contributed by atoms with Crippen LogP contribution in [0.1, 0.15) is 24.0 Å². The average Bonchev–Trinajstić information content (AvgIpc) is 2.63. The van der Waals surface area contributed by atoms with Gasteiger partial charge in [0.2, 0.25) is 11.8 Å². The predicted molar refractivity (Wildman–Crippen MR) is 113 cm³/mol. The number of nitrogens with zero attached hydrogens (tertiary/aromatic N) is 1. The minimum Gasteiger partial charge on any atom is -0.492 e. The van der Waals surface area contributed by atoms with Gasteiger partial charge in [-0.05, 0) is 55.7 Å². The quantitative estimate of drug-likeness (QED) is 0.617.